The zero-order chi connectivity index (χ0) is 10.5. The van der Waals surface area contributed by atoms with E-state index in [1.165, 1.54) is 11.5 Å². The van der Waals surface area contributed by atoms with Gasteiger partial charge in [0.15, 0.2) is 0 Å². The molecule has 0 amide bonds. The lowest BCUT2D eigenvalue weighted by atomic mass is 9.92. The molecular weight excluding hydrogens is 182 g/mol. The van der Waals surface area contributed by atoms with Gasteiger partial charge in [-0.25, -0.2) is 5.90 Å². The Kier molecular flexibility index (Phi) is 4.83. The van der Waals surface area contributed by atoms with E-state index < -0.39 is 0 Å². The van der Waals surface area contributed by atoms with Gasteiger partial charge >= 0.3 is 0 Å². The fraction of sp³-hybridized carbons (Fsp3) is 0.800. The Morgan fingerprint density at radius 3 is 1.62 bits per heavy atom. The van der Waals surface area contributed by atoms with Crippen LogP contribution in [-0.4, -0.2) is 16.7 Å². The maximum Gasteiger partial charge on any atom is 0.0348 e. The van der Waals surface area contributed by atoms with Crippen LogP contribution in [0.25, 0.3) is 0 Å². The van der Waals surface area contributed by atoms with Crippen molar-refractivity contribution in [2.45, 2.75) is 27.7 Å². The molecule has 0 spiro atoms. The van der Waals surface area contributed by atoms with Gasteiger partial charge in [0.05, 0.1) is 0 Å². The van der Waals surface area contributed by atoms with Gasteiger partial charge in [0, 0.05) is 22.3 Å². The second-order valence-electron chi connectivity index (χ2n) is 4.51. The molecule has 0 fully saturated rings. The van der Waals surface area contributed by atoms with Gasteiger partial charge in [0.1, 0.15) is 0 Å². The van der Waals surface area contributed by atoms with E-state index in [4.69, 9.17) is 5.21 Å². The second-order valence-corrected chi connectivity index (χ2v) is 5.50. The van der Waals surface area contributed by atoms with E-state index in [1.807, 2.05) is 11.8 Å². The summed E-state index contributed by atoms with van der Waals surface area (Å²) in [6, 6.07) is 0. The van der Waals surface area contributed by atoms with Crippen LogP contribution in [0, 0.1) is 22.7 Å². The van der Waals surface area contributed by atoms with Crippen molar-refractivity contribution in [2.24, 2.45) is 16.7 Å². The Balaban J connectivity index is 0.000000671. The number of nitrogens with two attached hydrogens (primary N) is 1. The van der Waals surface area contributed by atoms with Crippen LogP contribution in [0.2, 0.25) is 0 Å². The number of hydrogen-bond acceptors (Lipinski definition) is 3. The maximum atomic E-state index is 6.50. The first-order chi connectivity index (χ1) is 5.91. The van der Waals surface area contributed by atoms with E-state index in [-0.39, 0.29) is 10.8 Å². The Morgan fingerprint density at radius 1 is 1.00 bits per heavy atom. The van der Waals surface area contributed by atoms with Crippen LogP contribution in [0.1, 0.15) is 27.7 Å². The molecule has 3 heteroatoms. The van der Waals surface area contributed by atoms with Gasteiger partial charge in [-0.2, -0.15) is 11.8 Å². The fourth-order valence-corrected chi connectivity index (χ4v) is 2.24. The van der Waals surface area contributed by atoms with Crippen molar-refractivity contribution in [1.82, 2.24) is 0 Å². The van der Waals surface area contributed by atoms with E-state index in [9.17, 15) is 0 Å². The Bertz CT molecular complexity index is 193. The van der Waals surface area contributed by atoms with Crippen molar-refractivity contribution in [3.8, 4) is 11.8 Å². The van der Waals surface area contributed by atoms with Crippen LogP contribution in [0.5, 0.6) is 0 Å². The highest BCUT2D eigenvalue weighted by molar-refractivity contribution is 7.99. The van der Waals surface area contributed by atoms with Crippen LogP contribution in [-0.2, 0) is 0 Å². The van der Waals surface area contributed by atoms with Gasteiger partial charge in [0.2, 0.25) is 0 Å². The average Bonchev–Trinajstić information content (AvgIpc) is 2.15. The molecule has 1 heterocycles. The standard InChI is InChI=1S/C10H16S.H3NO/c1-9(2)5-6-10(3,4)8-11-7-9;1-2/h7-8H2,1-4H3;2H,1H2. The minimum Gasteiger partial charge on any atom is -0.320 e. The fourth-order valence-electron chi connectivity index (χ4n) is 0.972. The molecule has 3 N–H and O–H groups in total. The lowest BCUT2D eigenvalue weighted by Crippen LogP contribution is -2.11. The second kappa shape index (κ2) is 4.90. The summed E-state index contributed by atoms with van der Waals surface area (Å²) in [4.78, 5) is 0. The zero-order valence-electron chi connectivity index (χ0n) is 8.85. The summed E-state index contributed by atoms with van der Waals surface area (Å²) in [7, 11) is 0. The van der Waals surface area contributed by atoms with E-state index in [1.54, 1.807) is 0 Å². The van der Waals surface area contributed by atoms with Crippen molar-refractivity contribution in [1.29, 1.82) is 0 Å². The van der Waals surface area contributed by atoms with Gasteiger partial charge < -0.3 is 5.21 Å². The lowest BCUT2D eigenvalue weighted by Gasteiger charge is -2.15. The first-order valence-corrected chi connectivity index (χ1v) is 5.45. The molecule has 0 aromatic heterocycles. The summed E-state index contributed by atoms with van der Waals surface area (Å²) in [6.45, 7) is 8.87. The van der Waals surface area contributed by atoms with Crippen molar-refractivity contribution < 1.29 is 5.21 Å². The molecule has 1 aliphatic heterocycles. The Hall–Kier alpha value is -0.170. The summed E-state index contributed by atoms with van der Waals surface area (Å²) in [5.41, 5.74) is 0.441. The molecule has 2 nitrogen and oxygen atoms in total. The predicted molar refractivity (Wildman–Crippen MR) is 58.6 cm³/mol. The van der Waals surface area contributed by atoms with Crippen LogP contribution in [0.15, 0.2) is 0 Å². The summed E-state index contributed by atoms with van der Waals surface area (Å²) in [5, 5.41) is 6.50. The van der Waals surface area contributed by atoms with E-state index in [2.05, 4.69) is 45.4 Å². The smallest absolute Gasteiger partial charge is 0.0348 e. The van der Waals surface area contributed by atoms with Crippen molar-refractivity contribution >= 4 is 11.8 Å². The molecule has 1 rings (SSSR count). The molecule has 0 atom stereocenters. The molecule has 13 heavy (non-hydrogen) atoms. The average molecular weight is 201 g/mol. The quantitative estimate of drug-likeness (QED) is 0.466. The van der Waals surface area contributed by atoms with Gasteiger partial charge in [-0.1, -0.05) is 11.8 Å². The minimum atomic E-state index is 0.221. The maximum absolute atomic E-state index is 6.50. The minimum absolute atomic E-state index is 0.221. The molecule has 1 aliphatic rings. The molecule has 0 saturated heterocycles. The molecule has 0 bridgehead atoms. The summed E-state index contributed by atoms with van der Waals surface area (Å²) >= 11 is 2.00. The van der Waals surface area contributed by atoms with E-state index >= 15 is 0 Å². The van der Waals surface area contributed by atoms with Gasteiger partial charge in [-0.3, -0.25) is 0 Å². The van der Waals surface area contributed by atoms with Crippen molar-refractivity contribution in [3.63, 3.8) is 0 Å². The van der Waals surface area contributed by atoms with E-state index in [0.29, 0.717) is 0 Å². The largest absolute Gasteiger partial charge is 0.320 e. The molecular formula is C10H19NOS. The zero-order valence-corrected chi connectivity index (χ0v) is 9.66. The molecule has 0 aliphatic carbocycles. The SMILES string of the molecule is CC1(C)C#CC(C)(C)CSC1.NO. The summed E-state index contributed by atoms with van der Waals surface area (Å²) < 4.78 is 0. The number of thioether (sulfide) groups is 1. The molecule has 76 valence electrons. The topological polar surface area (TPSA) is 46.2 Å². The highest BCUT2D eigenvalue weighted by Gasteiger charge is 2.23. The third-order valence-corrected chi connectivity index (χ3v) is 3.52. The molecule has 0 radical (unpaired) electrons. The van der Waals surface area contributed by atoms with Crippen LogP contribution in [0.3, 0.4) is 0 Å². The van der Waals surface area contributed by atoms with Gasteiger partial charge in [0.25, 0.3) is 0 Å². The highest BCUT2D eigenvalue weighted by atomic mass is 32.2. The van der Waals surface area contributed by atoms with Crippen molar-refractivity contribution in [3.05, 3.63) is 0 Å². The van der Waals surface area contributed by atoms with Crippen LogP contribution < -0.4 is 5.90 Å². The number of hydrogen-bond donors (Lipinski definition) is 2. The first kappa shape index (κ1) is 12.8. The monoisotopic (exact) mass is 201 g/mol. The van der Waals surface area contributed by atoms with Gasteiger partial charge in [-0.05, 0) is 27.7 Å². The highest BCUT2D eigenvalue weighted by Crippen LogP contribution is 2.30. The number of rotatable bonds is 0. The third kappa shape index (κ3) is 5.20. The van der Waals surface area contributed by atoms with E-state index in [0.717, 1.165) is 0 Å². The van der Waals surface area contributed by atoms with Crippen LogP contribution >= 0.6 is 11.8 Å². The molecule has 0 saturated carbocycles. The third-order valence-electron chi connectivity index (χ3n) is 1.67. The first-order valence-electron chi connectivity index (χ1n) is 4.29. The molecule has 0 aromatic carbocycles. The predicted octanol–water partition coefficient (Wildman–Crippen LogP) is 2.12. The summed E-state index contributed by atoms with van der Waals surface area (Å²) in [5.74, 6) is 12.5. The lowest BCUT2D eigenvalue weighted by molar-refractivity contribution is 0.311. The Morgan fingerprint density at radius 2 is 1.31 bits per heavy atom. The molecule has 0 unspecified atom stereocenters. The normalized spacial score (nSPS) is 22.9. The molecule has 0 aromatic rings. The van der Waals surface area contributed by atoms with Gasteiger partial charge in [-0.15, -0.1) is 0 Å². The van der Waals surface area contributed by atoms with Crippen molar-refractivity contribution in [2.75, 3.05) is 11.5 Å². The van der Waals surface area contributed by atoms with Crippen LogP contribution in [0.4, 0.5) is 0 Å². The summed E-state index contributed by atoms with van der Waals surface area (Å²) in [6.07, 6.45) is 0. The Labute approximate surface area is 85.2 Å².